The number of carboxylic acid groups (broad SMARTS) is 1. The zero-order valence-corrected chi connectivity index (χ0v) is 9.23. The van der Waals surface area contributed by atoms with Gasteiger partial charge in [0.1, 0.15) is 6.04 Å². The summed E-state index contributed by atoms with van der Waals surface area (Å²) in [5.74, 6) is 1.48. The van der Waals surface area contributed by atoms with Crippen LogP contribution in [-0.2, 0) is 11.2 Å². The van der Waals surface area contributed by atoms with Crippen LogP contribution in [0.15, 0.2) is 24.3 Å². The average molecular weight is 217 g/mol. The largest absolute Gasteiger partial charge is 0.480 e. The van der Waals surface area contributed by atoms with Gasteiger partial charge in [-0.1, -0.05) is 37.1 Å². The first-order valence-electron chi connectivity index (χ1n) is 5.18. The monoisotopic (exact) mass is 217 g/mol. The van der Waals surface area contributed by atoms with Crippen molar-refractivity contribution in [3.8, 4) is 12.3 Å². The fourth-order valence-corrected chi connectivity index (χ4v) is 1.63. The van der Waals surface area contributed by atoms with Crippen LogP contribution in [0.1, 0.15) is 24.1 Å². The number of benzene rings is 1. The molecule has 1 aromatic rings. The van der Waals surface area contributed by atoms with Crippen molar-refractivity contribution < 1.29 is 9.90 Å². The molecule has 0 bridgehead atoms. The third-order valence-electron chi connectivity index (χ3n) is 2.40. The summed E-state index contributed by atoms with van der Waals surface area (Å²) in [6.07, 6.45) is 5.92. The molecule has 0 amide bonds. The Morgan fingerprint density at radius 2 is 2.25 bits per heavy atom. The molecule has 0 saturated carbocycles. The molecule has 0 saturated heterocycles. The van der Waals surface area contributed by atoms with Gasteiger partial charge in [0.2, 0.25) is 0 Å². The smallest absolute Gasteiger partial charge is 0.325 e. The summed E-state index contributed by atoms with van der Waals surface area (Å²) in [5.41, 5.74) is 1.81. The van der Waals surface area contributed by atoms with Crippen LogP contribution in [0.4, 0.5) is 0 Å². The molecule has 0 aliphatic rings. The Balaban J connectivity index is 3.01. The van der Waals surface area contributed by atoms with Crippen LogP contribution in [0.5, 0.6) is 0 Å². The van der Waals surface area contributed by atoms with Crippen molar-refractivity contribution in [1.29, 1.82) is 0 Å². The number of carbonyl (C=O) groups is 1. The van der Waals surface area contributed by atoms with Crippen molar-refractivity contribution in [3.63, 3.8) is 0 Å². The average Bonchev–Trinajstić information content (AvgIpc) is 2.29. The lowest BCUT2D eigenvalue weighted by atomic mass is 9.98. The van der Waals surface area contributed by atoms with Crippen LogP contribution >= 0.6 is 0 Å². The number of carboxylic acids is 1. The van der Waals surface area contributed by atoms with Crippen molar-refractivity contribution >= 4 is 5.97 Å². The van der Waals surface area contributed by atoms with Crippen molar-refractivity contribution in [3.05, 3.63) is 35.4 Å². The van der Waals surface area contributed by atoms with Gasteiger partial charge >= 0.3 is 5.97 Å². The standard InChI is InChI=1S/C13H15NO2/c1-3-9-14-12(13(15)16)11-8-6-5-7-10(11)4-2/h1,5-8,12,14H,4,9H2,2H3,(H,15,16). The molecular formula is C13H15NO2. The second-order valence-electron chi connectivity index (χ2n) is 3.41. The van der Waals surface area contributed by atoms with E-state index in [9.17, 15) is 4.79 Å². The summed E-state index contributed by atoms with van der Waals surface area (Å²) in [6.45, 7) is 2.24. The van der Waals surface area contributed by atoms with Crippen molar-refractivity contribution in [2.45, 2.75) is 19.4 Å². The predicted octanol–water partition coefficient (Wildman–Crippen LogP) is 1.60. The summed E-state index contributed by atoms with van der Waals surface area (Å²) in [5, 5.41) is 12.0. The molecule has 2 N–H and O–H groups in total. The molecule has 16 heavy (non-hydrogen) atoms. The minimum atomic E-state index is -0.906. The van der Waals surface area contributed by atoms with Crippen LogP contribution in [0.25, 0.3) is 0 Å². The normalized spacial score (nSPS) is 11.8. The molecule has 0 spiro atoms. The van der Waals surface area contributed by atoms with E-state index in [-0.39, 0.29) is 6.54 Å². The fraction of sp³-hybridized carbons (Fsp3) is 0.308. The number of hydrogen-bond acceptors (Lipinski definition) is 2. The molecule has 0 aliphatic heterocycles. The van der Waals surface area contributed by atoms with E-state index in [1.165, 1.54) is 0 Å². The first kappa shape index (κ1) is 12.3. The lowest BCUT2D eigenvalue weighted by Crippen LogP contribution is -2.29. The van der Waals surface area contributed by atoms with Gasteiger partial charge in [0, 0.05) is 0 Å². The molecule has 0 aliphatic carbocycles. The summed E-state index contributed by atoms with van der Waals surface area (Å²) in [6, 6.07) is 6.76. The van der Waals surface area contributed by atoms with E-state index in [0.29, 0.717) is 0 Å². The Bertz CT molecular complexity index is 407. The van der Waals surface area contributed by atoms with Gasteiger partial charge in [-0.05, 0) is 17.5 Å². The lowest BCUT2D eigenvalue weighted by molar-refractivity contribution is -0.139. The maximum atomic E-state index is 11.1. The summed E-state index contributed by atoms with van der Waals surface area (Å²) in [7, 11) is 0. The molecule has 84 valence electrons. The Labute approximate surface area is 95.5 Å². The molecule has 1 aromatic carbocycles. The summed E-state index contributed by atoms with van der Waals surface area (Å²) < 4.78 is 0. The third-order valence-corrected chi connectivity index (χ3v) is 2.40. The fourth-order valence-electron chi connectivity index (χ4n) is 1.63. The maximum Gasteiger partial charge on any atom is 0.325 e. The molecule has 0 heterocycles. The first-order chi connectivity index (χ1) is 7.70. The minimum Gasteiger partial charge on any atom is -0.480 e. The van der Waals surface area contributed by atoms with Gasteiger partial charge in [0.25, 0.3) is 0 Å². The molecule has 1 rings (SSSR count). The minimum absolute atomic E-state index is 0.245. The SMILES string of the molecule is C#CCNC(C(=O)O)c1ccccc1CC. The Hall–Kier alpha value is -1.79. The number of hydrogen-bond donors (Lipinski definition) is 2. The predicted molar refractivity (Wildman–Crippen MR) is 63.0 cm³/mol. The van der Waals surface area contributed by atoms with E-state index in [4.69, 9.17) is 11.5 Å². The highest BCUT2D eigenvalue weighted by Gasteiger charge is 2.20. The van der Waals surface area contributed by atoms with Gasteiger partial charge in [-0.3, -0.25) is 10.1 Å². The second kappa shape index (κ2) is 5.94. The van der Waals surface area contributed by atoms with Crippen molar-refractivity contribution in [1.82, 2.24) is 5.32 Å². The van der Waals surface area contributed by atoms with Crippen LogP contribution in [0.2, 0.25) is 0 Å². The highest BCUT2D eigenvalue weighted by molar-refractivity contribution is 5.76. The molecule has 1 atom stereocenters. The van der Waals surface area contributed by atoms with Crippen LogP contribution < -0.4 is 5.32 Å². The second-order valence-corrected chi connectivity index (χ2v) is 3.41. The Kier molecular flexibility index (Phi) is 4.56. The summed E-state index contributed by atoms with van der Waals surface area (Å²) >= 11 is 0. The molecule has 3 heteroatoms. The maximum absolute atomic E-state index is 11.1. The molecule has 0 radical (unpaired) electrons. The van der Waals surface area contributed by atoms with Crippen LogP contribution in [0.3, 0.4) is 0 Å². The topological polar surface area (TPSA) is 49.3 Å². The van der Waals surface area contributed by atoms with Gasteiger partial charge < -0.3 is 5.11 Å². The Morgan fingerprint density at radius 1 is 1.56 bits per heavy atom. The molecule has 0 aromatic heterocycles. The number of terminal acetylenes is 1. The lowest BCUT2D eigenvalue weighted by Gasteiger charge is -2.16. The number of aryl methyl sites for hydroxylation is 1. The van der Waals surface area contributed by atoms with Crippen LogP contribution in [0, 0.1) is 12.3 Å². The summed E-state index contributed by atoms with van der Waals surface area (Å²) in [4.78, 5) is 11.1. The quantitative estimate of drug-likeness (QED) is 0.736. The van der Waals surface area contributed by atoms with E-state index < -0.39 is 12.0 Å². The van der Waals surface area contributed by atoms with Crippen LogP contribution in [-0.4, -0.2) is 17.6 Å². The van der Waals surface area contributed by atoms with Gasteiger partial charge in [-0.15, -0.1) is 6.42 Å². The van der Waals surface area contributed by atoms with Gasteiger partial charge in [-0.2, -0.15) is 0 Å². The van der Waals surface area contributed by atoms with Gasteiger partial charge in [-0.25, -0.2) is 0 Å². The first-order valence-corrected chi connectivity index (χ1v) is 5.18. The van der Waals surface area contributed by atoms with E-state index in [0.717, 1.165) is 17.5 Å². The molecule has 0 fully saturated rings. The number of aliphatic carboxylic acids is 1. The highest BCUT2D eigenvalue weighted by atomic mass is 16.4. The van der Waals surface area contributed by atoms with E-state index >= 15 is 0 Å². The van der Waals surface area contributed by atoms with E-state index in [1.54, 1.807) is 0 Å². The van der Waals surface area contributed by atoms with E-state index in [2.05, 4.69) is 11.2 Å². The molecule has 3 nitrogen and oxygen atoms in total. The van der Waals surface area contributed by atoms with Gasteiger partial charge in [0.05, 0.1) is 6.54 Å². The third kappa shape index (κ3) is 2.85. The Morgan fingerprint density at radius 3 is 2.81 bits per heavy atom. The molecule has 1 unspecified atom stereocenters. The van der Waals surface area contributed by atoms with Crippen molar-refractivity contribution in [2.24, 2.45) is 0 Å². The van der Waals surface area contributed by atoms with E-state index in [1.807, 2.05) is 31.2 Å². The highest BCUT2D eigenvalue weighted by Crippen LogP contribution is 2.18. The van der Waals surface area contributed by atoms with Crippen molar-refractivity contribution in [2.75, 3.05) is 6.54 Å². The number of rotatable bonds is 5. The molecular weight excluding hydrogens is 202 g/mol. The zero-order valence-electron chi connectivity index (χ0n) is 9.23. The van der Waals surface area contributed by atoms with Gasteiger partial charge in [0.15, 0.2) is 0 Å². The number of nitrogens with one attached hydrogen (secondary N) is 1. The zero-order chi connectivity index (χ0) is 12.0.